The highest BCUT2D eigenvalue weighted by Gasteiger charge is 2.09. The standard InChI is InChI=1S/C14H27N5/c1-14(2,3)6-9-17-13-10-12(18-11-19-13)16-8-5-7-15-4/h10-11,15H,5-9H2,1-4H3,(H2,16,17,18,19). The van der Waals surface area contributed by atoms with Crippen LogP contribution in [0.2, 0.25) is 0 Å². The molecule has 0 aliphatic heterocycles. The van der Waals surface area contributed by atoms with Gasteiger partial charge in [0.05, 0.1) is 0 Å². The minimum Gasteiger partial charge on any atom is -0.370 e. The number of rotatable bonds is 8. The van der Waals surface area contributed by atoms with Gasteiger partial charge in [-0.2, -0.15) is 0 Å². The molecule has 5 nitrogen and oxygen atoms in total. The maximum Gasteiger partial charge on any atom is 0.131 e. The molecule has 0 aromatic carbocycles. The second-order valence-electron chi connectivity index (χ2n) is 5.91. The van der Waals surface area contributed by atoms with E-state index in [1.807, 2.05) is 13.1 Å². The summed E-state index contributed by atoms with van der Waals surface area (Å²) in [4.78, 5) is 8.44. The molecule has 1 heterocycles. The van der Waals surface area contributed by atoms with Crippen molar-refractivity contribution in [1.82, 2.24) is 15.3 Å². The van der Waals surface area contributed by atoms with Crippen LogP contribution in [0.3, 0.4) is 0 Å². The average molecular weight is 265 g/mol. The van der Waals surface area contributed by atoms with Crippen molar-refractivity contribution in [2.24, 2.45) is 5.41 Å². The SMILES string of the molecule is CNCCCNc1cc(NCCC(C)(C)C)ncn1. The first-order chi connectivity index (χ1) is 9.01. The first kappa shape index (κ1) is 15.7. The number of anilines is 2. The fraction of sp³-hybridized carbons (Fsp3) is 0.714. The third-order valence-corrected chi connectivity index (χ3v) is 2.76. The minimum atomic E-state index is 0.342. The maximum absolute atomic E-state index is 4.23. The Morgan fingerprint density at radius 3 is 2.21 bits per heavy atom. The van der Waals surface area contributed by atoms with E-state index < -0.39 is 0 Å². The zero-order valence-corrected chi connectivity index (χ0v) is 12.6. The van der Waals surface area contributed by atoms with Crippen molar-refractivity contribution in [3.05, 3.63) is 12.4 Å². The van der Waals surface area contributed by atoms with Crippen molar-refractivity contribution >= 4 is 11.6 Å². The Morgan fingerprint density at radius 1 is 1.00 bits per heavy atom. The molecule has 108 valence electrons. The van der Waals surface area contributed by atoms with Gasteiger partial charge in [0, 0.05) is 19.2 Å². The normalized spacial score (nSPS) is 11.4. The summed E-state index contributed by atoms with van der Waals surface area (Å²) in [6, 6.07) is 1.96. The van der Waals surface area contributed by atoms with Gasteiger partial charge >= 0.3 is 0 Å². The highest BCUT2D eigenvalue weighted by atomic mass is 15.1. The molecule has 0 bridgehead atoms. The summed E-state index contributed by atoms with van der Waals surface area (Å²) >= 11 is 0. The highest BCUT2D eigenvalue weighted by Crippen LogP contribution is 2.18. The highest BCUT2D eigenvalue weighted by molar-refractivity contribution is 5.46. The van der Waals surface area contributed by atoms with Gasteiger partial charge in [0.2, 0.25) is 0 Å². The predicted molar refractivity (Wildman–Crippen MR) is 81.6 cm³/mol. The van der Waals surface area contributed by atoms with Crippen LogP contribution in [-0.2, 0) is 0 Å². The van der Waals surface area contributed by atoms with Crippen LogP contribution in [0, 0.1) is 5.41 Å². The summed E-state index contributed by atoms with van der Waals surface area (Å²) in [5.41, 5.74) is 0.342. The molecule has 0 unspecified atom stereocenters. The summed E-state index contributed by atoms with van der Waals surface area (Å²) in [6.45, 7) is 9.57. The Morgan fingerprint density at radius 2 is 1.63 bits per heavy atom. The Balaban J connectivity index is 2.35. The van der Waals surface area contributed by atoms with E-state index in [0.29, 0.717) is 5.41 Å². The number of hydrogen-bond acceptors (Lipinski definition) is 5. The van der Waals surface area contributed by atoms with Crippen LogP contribution in [-0.4, -0.2) is 36.6 Å². The molecule has 0 spiro atoms. The molecule has 0 atom stereocenters. The third-order valence-electron chi connectivity index (χ3n) is 2.76. The van der Waals surface area contributed by atoms with Gasteiger partial charge in [-0.1, -0.05) is 20.8 Å². The summed E-state index contributed by atoms with van der Waals surface area (Å²) in [7, 11) is 1.96. The summed E-state index contributed by atoms with van der Waals surface area (Å²) < 4.78 is 0. The van der Waals surface area contributed by atoms with E-state index in [9.17, 15) is 0 Å². The van der Waals surface area contributed by atoms with Crippen molar-refractivity contribution in [1.29, 1.82) is 0 Å². The van der Waals surface area contributed by atoms with Gasteiger partial charge in [-0.05, 0) is 31.8 Å². The molecule has 5 heteroatoms. The van der Waals surface area contributed by atoms with Crippen LogP contribution in [0.15, 0.2) is 12.4 Å². The van der Waals surface area contributed by atoms with E-state index in [-0.39, 0.29) is 0 Å². The quantitative estimate of drug-likeness (QED) is 0.630. The second-order valence-corrected chi connectivity index (χ2v) is 5.91. The molecule has 0 amide bonds. The Bertz CT molecular complexity index is 359. The zero-order chi connectivity index (χ0) is 14.1. The van der Waals surface area contributed by atoms with Gasteiger partial charge in [-0.3, -0.25) is 0 Å². The molecule has 0 aliphatic carbocycles. The topological polar surface area (TPSA) is 61.9 Å². The number of nitrogens with zero attached hydrogens (tertiary/aromatic N) is 2. The largest absolute Gasteiger partial charge is 0.370 e. The number of nitrogens with one attached hydrogen (secondary N) is 3. The third kappa shape index (κ3) is 7.62. The summed E-state index contributed by atoms with van der Waals surface area (Å²) in [5.74, 6) is 1.76. The van der Waals surface area contributed by atoms with Crippen molar-refractivity contribution < 1.29 is 0 Å². The molecule has 0 saturated heterocycles. The van der Waals surface area contributed by atoms with Gasteiger partial charge in [-0.25, -0.2) is 9.97 Å². The van der Waals surface area contributed by atoms with Crippen LogP contribution in [0.5, 0.6) is 0 Å². The molecule has 1 aromatic rings. The monoisotopic (exact) mass is 265 g/mol. The van der Waals surface area contributed by atoms with E-state index in [1.165, 1.54) is 0 Å². The Hall–Kier alpha value is -1.36. The number of aromatic nitrogens is 2. The Kier molecular flexibility index (Phi) is 6.56. The van der Waals surface area contributed by atoms with Gasteiger partial charge < -0.3 is 16.0 Å². The van der Waals surface area contributed by atoms with E-state index in [1.54, 1.807) is 6.33 Å². The second kappa shape index (κ2) is 7.94. The first-order valence-electron chi connectivity index (χ1n) is 6.96. The molecule has 19 heavy (non-hydrogen) atoms. The van der Waals surface area contributed by atoms with Crippen LogP contribution >= 0.6 is 0 Å². The van der Waals surface area contributed by atoms with Gasteiger partial charge in [-0.15, -0.1) is 0 Å². The molecule has 0 aliphatic rings. The van der Waals surface area contributed by atoms with Gasteiger partial charge in [0.15, 0.2) is 0 Å². The zero-order valence-electron chi connectivity index (χ0n) is 12.6. The fourth-order valence-corrected chi connectivity index (χ4v) is 1.60. The molecule has 3 N–H and O–H groups in total. The number of hydrogen-bond donors (Lipinski definition) is 3. The van der Waals surface area contributed by atoms with Gasteiger partial charge in [0.1, 0.15) is 18.0 Å². The molecular weight excluding hydrogens is 238 g/mol. The summed E-state index contributed by atoms with van der Waals surface area (Å²) in [5, 5.41) is 9.76. The lowest BCUT2D eigenvalue weighted by Gasteiger charge is -2.18. The van der Waals surface area contributed by atoms with Crippen LogP contribution in [0.1, 0.15) is 33.6 Å². The summed E-state index contributed by atoms with van der Waals surface area (Å²) in [6.07, 6.45) is 3.79. The van der Waals surface area contributed by atoms with E-state index >= 15 is 0 Å². The van der Waals surface area contributed by atoms with Crippen molar-refractivity contribution in [3.63, 3.8) is 0 Å². The lowest BCUT2D eigenvalue weighted by atomic mass is 9.92. The molecular formula is C14H27N5. The predicted octanol–water partition coefficient (Wildman–Crippen LogP) is 2.35. The molecule has 0 fully saturated rings. The van der Waals surface area contributed by atoms with E-state index in [4.69, 9.17) is 0 Å². The van der Waals surface area contributed by atoms with Crippen molar-refractivity contribution in [3.8, 4) is 0 Å². The lowest BCUT2D eigenvalue weighted by Crippen LogP contribution is -2.15. The smallest absolute Gasteiger partial charge is 0.131 e. The lowest BCUT2D eigenvalue weighted by molar-refractivity contribution is 0.389. The minimum absolute atomic E-state index is 0.342. The van der Waals surface area contributed by atoms with Crippen LogP contribution < -0.4 is 16.0 Å². The molecule has 0 saturated carbocycles. The molecule has 1 rings (SSSR count). The molecule has 0 radical (unpaired) electrons. The van der Waals surface area contributed by atoms with Crippen molar-refractivity contribution in [2.75, 3.05) is 37.3 Å². The Labute approximate surface area is 116 Å². The van der Waals surface area contributed by atoms with Crippen LogP contribution in [0.25, 0.3) is 0 Å². The van der Waals surface area contributed by atoms with Gasteiger partial charge in [0.25, 0.3) is 0 Å². The average Bonchev–Trinajstić information content (AvgIpc) is 2.34. The first-order valence-corrected chi connectivity index (χ1v) is 6.96. The van der Waals surface area contributed by atoms with E-state index in [2.05, 4.69) is 46.7 Å². The fourth-order valence-electron chi connectivity index (χ4n) is 1.60. The van der Waals surface area contributed by atoms with Crippen molar-refractivity contribution in [2.45, 2.75) is 33.6 Å². The molecule has 1 aromatic heterocycles. The maximum atomic E-state index is 4.23. The van der Waals surface area contributed by atoms with E-state index in [0.717, 1.165) is 44.1 Å². The van der Waals surface area contributed by atoms with Crippen LogP contribution in [0.4, 0.5) is 11.6 Å².